The van der Waals surface area contributed by atoms with E-state index in [9.17, 15) is 9.59 Å². The first-order valence-corrected chi connectivity index (χ1v) is 10.3. The first kappa shape index (κ1) is 17.3. The number of rotatable bonds is 4. The summed E-state index contributed by atoms with van der Waals surface area (Å²) in [6.45, 7) is 2.10. The van der Waals surface area contributed by atoms with Gasteiger partial charge in [-0.1, -0.05) is 30.8 Å². The van der Waals surface area contributed by atoms with Crippen molar-refractivity contribution in [1.82, 2.24) is 9.55 Å². The SMILES string of the molecule is CCc1ccc(NC(=O)CC2CSc3nc4c(c(=O)n32)CCCC4)cc1. The van der Waals surface area contributed by atoms with Gasteiger partial charge in [-0.05, 0) is 49.8 Å². The number of thioether (sulfide) groups is 1. The highest BCUT2D eigenvalue weighted by atomic mass is 32.2. The summed E-state index contributed by atoms with van der Waals surface area (Å²) in [5.74, 6) is 0.671. The molecule has 1 aliphatic heterocycles. The number of amides is 1. The molecule has 2 aliphatic rings. The average Bonchev–Trinajstić information content (AvgIpc) is 3.05. The van der Waals surface area contributed by atoms with Gasteiger partial charge < -0.3 is 5.32 Å². The molecule has 0 saturated carbocycles. The van der Waals surface area contributed by atoms with Crippen molar-refractivity contribution in [2.75, 3.05) is 11.1 Å². The minimum Gasteiger partial charge on any atom is -0.326 e. The number of nitrogens with one attached hydrogen (secondary N) is 1. The van der Waals surface area contributed by atoms with Crippen LogP contribution in [-0.4, -0.2) is 21.2 Å². The van der Waals surface area contributed by atoms with Crippen molar-refractivity contribution in [2.45, 2.75) is 56.6 Å². The first-order valence-electron chi connectivity index (χ1n) is 9.31. The zero-order valence-corrected chi connectivity index (χ0v) is 15.8. The van der Waals surface area contributed by atoms with Crippen molar-refractivity contribution < 1.29 is 4.79 Å². The van der Waals surface area contributed by atoms with Crippen LogP contribution >= 0.6 is 11.8 Å². The summed E-state index contributed by atoms with van der Waals surface area (Å²) in [6.07, 6.45) is 5.15. The van der Waals surface area contributed by atoms with Gasteiger partial charge in [0.05, 0.1) is 11.7 Å². The van der Waals surface area contributed by atoms with Crippen molar-refractivity contribution >= 4 is 23.4 Å². The summed E-state index contributed by atoms with van der Waals surface area (Å²) in [5, 5.41) is 3.73. The topological polar surface area (TPSA) is 64.0 Å². The molecule has 0 radical (unpaired) electrons. The number of aromatic nitrogens is 2. The van der Waals surface area contributed by atoms with Gasteiger partial charge in [0.1, 0.15) is 0 Å². The summed E-state index contributed by atoms with van der Waals surface area (Å²) < 4.78 is 1.76. The molecule has 0 fully saturated rings. The Morgan fingerprint density at radius 2 is 2.04 bits per heavy atom. The van der Waals surface area contributed by atoms with E-state index in [1.165, 1.54) is 5.56 Å². The Kier molecular flexibility index (Phi) is 4.85. The van der Waals surface area contributed by atoms with Crippen LogP contribution in [0.25, 0.3) is 0 Å². The van der Waals surface area contributed by atoms with Crippen LogP contribution in [0, 0.1) is 0 Å². The fourth-order valence-corrected chi connectivity index (χ4v) is 4.87. The molecular formula is C20H23N3O2S. The van der Waals surface area contributed by atoms with Crippen LogP contribution in [0.1, 0.15) is 49.0 Å². The predicted molar refractivity (Wildman–Crippen MR) is 104 cm³/mol. The van der Waals surface area contributed by atoms with E-state index >= 15 is 0 Å². The molecule has 5 nitrogen and oxygen atoms in total. The lowest BCUT2D eigenvalue weighted by Gasteiger charge is -2.18. The van der Waals surface area contributed by atoms with Crippen molar-refractivity contribution in [3.05, 3.63) is 51.4 Å². The van der Waals surface area contributed by atoms with Crippen molar-refractivity contribution in [3.8, 4) is 0 Å². The number of carbonyl (C=O) groups excluding carboxylic acids is 1. The summed E-state index contributed by atoms with van der Waals surface area (Å²) in [4.78, 5) is 30.1. The molecule has 4 rings (SSSR count). The monoisotopic (exact) mass is 369 g/mol. The van der Waals surface area contributed by atoms with Crippen LogP contribution in [0.5, 0.6) is 0 Å². The molecular weight excluding hydrogens is 346 g/mol. The van der Waals surface area contributed by atoms with Crippen LogP contribution in [0.4, 0.5) is 5.69 Å². The highest BCUT2D eigenvalue weighted by molar-refractivity contribution is 7.99. The second-order valence-electron chi connectivity index (χ2n) is 6.97. The molecule has 0 saturated heterocycles. The Hall–Kier alpha value is -2.08. The minimum atomic E-state index is -0.114. The largest absolute Gasteiger partial charge is 0.326 e. The molecule has 1 aromatic heterocycles. The number of aryl methyl sites for hydroxylation is 2. The second kappa shape index (κ2) is 7.27. The van der Waals surface area contributed by atoms with Gasteiger partial charge in [0, 0.05) is 23.4 Å². The highest BCUT2D eigenvalue weighted by Gasteiger charge is 2.30. The van der Waals surface area contributed by atoms with E-state index in [2.05, 4.69) is 12.2 Å². The zero-order chi connectivity index (χ0) is 18.1. The third kappa shape index (κ3) is 3.30. The van der Waals surface area contributed by atoms with Crippen LogP contribution in [0.2, 0.25) is 0 Å². The summed E-state index contributed by atoms with van der Waals surface area (Å²) in [5.41, 5.74) is 3.95. The molecule has 0 spiro atoms. The predicted octanol–water partition coefficient (Wildman–Crippen LogP) is 3.36. The van der Waals surface area contributed by atoms with Gasteiger partial charge in [0.25, 0.3) is 5.56 Å². The van der Waals surface area contributed by atoms with E-state index in [1.54, 1.807) is 16.3 Å². The van der Waals surface area contributed by atoms with E-state index in [0.717, 1.165) is 60.0 Å². The first-order chi connectivity index (χ1) is 12.7. The Labute approximate surface area is 157 Å². The summed E-state index contributed by atoms with van der Waals surface area (Å²) in [6, 6.07) is 7.79. The molecule has 1 N–H and O–H groups in total. The normalized spacial score (nSPS) is 18.3. The standard InChI is InChI=1S/C20H23N3O2S/c1-2-13-7-9-14(10-8-13)21-18(24)11-15-12-26-20-22-17-6-4-3-5-16(17)19(25)23(15)20/h7-10,15H,2-6,11-12H2,1H3,(H,21,24). The second-order valence-corrected chi connectivity index (χ2v) is 7.96. The van der Waals surface area contributed by atoms with Crippen LogP contribution in [-0.2, 0) is 24.1 Å². The lowest BCUT2D eigenvalue weighted by molar-refractivity contribution is -0.116. The van der Waals surface area contributed by atoms with E-state index in [1.807, 2.05) is 24.3 Å². The fraction of sp³-hybridized carbons (Fsp3) is 0.450. The fourth-order valence-electron chi connectivity index (χ4n) is 3.71. The van der Waals surface area contributed by atoms with Crippen LogP contribution in [0.15, 0.2) is 34.2 Å². The van der Waals surface area contributed by atoms with Crippen molar-refractivity contribution in [3.63, 3.8) is 0 Å². The quantitative estimate of drug-likeness (QED) is 0.840. The van der Waals surface area contributed by atoms with Gasteiger partial charge in [0.2, 0.25) is 5.91 Å². The van der Waals surface area contributed by atoms with Crippen LogP contribution in [0.3, 0.4) is 0 Å². The molecule has 1 unspecified atom stereocenters. The third-order valence-corrected chi connectivity index (χ3v) is 6.29. The Balaban J connectivity index is 1.50. The number of fused-ring (bicyclic) bond motifs is 2. The van der Waals surface area contributed by atoms with Gasteiger partial charge in [-0.25, -0.2) is 4.98 Å². The lowest BCUT2D eigenvalue weighted by Crippen LogP contribution is -2.32. The molecule has 2 aromatic rings. The Morgan fingerprint density at radius 3 is 2.81 bits per heavy atom. The molecule has 136 valence electrons. The Bertz CT molecular complexity index is 889. The summed E-state index contributed by atoms with van der Waals surface area (Å²) in [7, 11) is 0. The van der Waals surface area contributed by atoms with Gasteiger partial charge in [0.15, 0.2) is 5.16 Å². The molecule has 0 bridgehead atoms. The molecule has 26 heavy (non-hydrogen) atoms. The number of hydrogen-bond acceptors (Lipinski definition) is 4. The smallest absolute Gasteiger partial charge is 0.257 e. The van der Waals surface area contributed by atoms with Crippen molar-refractivity contribution in [2.24, 2.45) is 0 Å². The zero-order valence-electron chi connectivity index (χ0n) is 15.0. The molecule has 6 heteroatoms. The minimum absolute atomic E-state index is 0.0580. The number of anilines is 1. The molecule has 1 aliphatic carbocycles. The Morgan fingerprint density at radius 1 is 1.27 bits per heavy atom. The maximum absolute atomic E-state index is 12.9. The molecule has 1 atom stereocenters. The van der Waals surface area contributed by atoms with E-state index < -0.39 is 0 Å². The number of carbonyl (C=O) groups is 1. The van der Waals surface area contributed by atoms with E-state index in [-0.39, 0.29) is 17.5 Å². The number of benzene rings is 1. The molecule has 1 amide bonds. The van der Waals surface area contributed by atoms with Gasteiger partial charge in [-0.3, -0.25) is 14.2 Å². The van der Waals surface area contributed by atoms with E-state index in [4.69, 9.17) is 4.98 Å². The van der Waals surface area contributed by atoms with Gasteiger partial charge in [-0.15, -0.1) is 0 Å². The van der Waals surface area contributed by atoms with Crippen molar-refractivity contribution in [1.29, 1.82) is 0 Å². The third-order valence-electron chi connectivity index (χ3n) is 5.19. The lowest BCUT2D eigenvalue weighted by atomic mass is 9.97. The molecule has 2 heterocycles. The number of hydrogen-bond donors (Lipinski definition) is 1. The van der Waals surface area contributed by atoms with E-state index in [0.29, 0.717) is 6.42 Å². The van der Waals surface area contributed by atoms with Gasteiger partial charge in [-0.2, -0.15) is 0 Å². The highest BCUT2D eigenvalue weighted by Crippen LogP contribution is 2.33. The average molecular weight is 369 g/mol. The van der Waals surface area contributed by atoms with Gasteiger partial charge >= 0.3 is 0 Å². The van der Waals surface area contributed by atoms with Crippen LogP contribution < -0.4 is 10.9 Å². The maximum Gasteiger partial charge on any atom is 0.257 e. The summed E-state index contributed by atoms with van der Waals surface area (Å²) >= 11 is 1.59. The molecule has 1 aromatic carbocycles. The number of nitrogens with zero attached hydrogens (tertiary/aromatic N) is 2. The maximum atomic E-state index is 12.9.